The molecule has 6 saturated carbocycles. The van der Waals surface area contributed by atoms with Crippen molar-refractivity contribution in [3.8, 4) is 11.1 Å². The zero-order chi connectivity index (χ0) is 29.5. The zero-order valence-corrected chi connectivity index (χ0v) is 23.7. The van der Waals surface area contributed by atoms with Gasteiger partial charge in [0.05, 0.1) is 5.41 Å². The Balaban J connectivity index is 1.16. The molecule has 0 atom stereocenters. The number of hydrogen-bond acceptors (Lipinski definition) is 6. The smallest absolute Gasteiger partial charge is 0.339 e. The summed E-state index contributed by atoms with van der Waals surface area (Å²) in [6.07, 6.45) is 3.91. The predicted octanol–water partition coefficient (Wildman–Crippen LogP) is 7.19. The number of anilines is 1. The van der Waals surface area contributed by atoms with Crippen molar-refractivity contribution in [1.82, 2.24) is 20.1 Å². The number of halogens is 4. The summed E-state index contributed by atoms with van der Waals surface area (Å²) < 4.78 is 59.1. The number of carbonyl (C=O) groups excluding carboxylic acids is 1. The van der Waals surface area contributed by atoms with Gasteiger partial charge in [-0.15, -0.1) is 0 Å². The molecule has 0 saturated heterocycles. The number of rotatable bonds is 7. The molecule has 2 heterocycles. The van der Waals surface area contributed by atoms with Gasteiger partial charge in [0.2, 0.25) is 17.6 Å². The first-order valence-corrected chi connectivity index (χ1v) is 14.7. The summed E-state index contributed by atoms with van der Waals surface area (Å²) in [6, 6.07) is 7.20. The van der Waals surface area contributed by atoms with Crippen LogP contribution in [0.25, 0.3) is 11.1 Å². The molecule has 4 bridgehead atoms. The quantitative estimate of drug-likeness (QED) is 0.274. The third-order valence-electron chi connectivity index (χ3n) is 10.4. The lowest BCUT2D eigenvalue weighted by atomic mass is 9.41. The van der Waals surface area contributed by atoms with Crippen molar-refractivity contribution < 1.29 is 26.9 Å². The van der Waals surface area contributed by atoms with Gasteiger partial charge in [-0.3, -0.25) is 4.79 Å². The van der Waals surface area contributed by atoms with E-state index in [2.05, 4.69) is 15.1 Å². The van der Waals surface area contributed by atoms with Gasteiger partial charge in [0, 0.05) is 41.5 Å². The third-order valence-corrected chi connectivity index (χ3v) is 10.4. The SMILES string of the molecule is CC(C)c1nc(C23CCC(CN(C(=O)C45CC(F)(C4)C5)c4cccc(-c5cnc(C(F)(F)F)nc5)c4)(CC2)CC3)no1. The monoisotopic (exact) mass is 583 g/mol. The maximum atomic E-state index is 14.5. The highest BCUT2D eigenvalue weighted by molar-refractivity contribution is 6.00. The van der Waals surface area contributed by atoms with Gasteiger partial charge in [0.15, 0.2) is 5.82 Å². The maximum absolute atomic E-state index is 14.5. The molecule has 6 aliphatic carbocycles. The molecule has 0 N–H and O–H groups in total. The predicted molar refractivity (Wildman–Crippen MR) is 145 cm³/mol. The fourth-order valence-electron chi connectivity index (χ4n) is 7.79. The Labute approximate surface area is 241 Å². The number of benzene rings is 1. The second-order valence-corrected chi connectivity index (χ2v) is 13.6. The van der Waals surface area contributed by atoms with Gasteiger partial charge in [0.1, 0.15) is 5.67 Å². The normalized spacial score (nSPS) is 31.5. The zero-order valence-electron chi connectivity index (χ0n) is 23.7. The van der Waals surface area contributed by atoms with E-state index in [1.54, 1.807) is 18.2 Å². The molecule has 222 valence electrons. The number of hydrogen-bond donors (Lipinski definition) is 0. The van der Waals surface area contributed by atoms with E-state index >= 15 is 0 Å². The van der Waals surface area contributed by atoms with E-state index in [1.165, 1.54) is 0 Å². The van der Waals surface area contributed by atoms with Crippen LogP contribution in [0.3, 0.4) is 0 Å². The molecule has 6 aliphatic rings. The van der Waals surface area contributed by atoms with E-state index in [-0.39, 0.29) is 41.9 Å². The van der Waals surface area contributed by atoms with E-state index in [9.17, 15) is 22.4 Å². The van der Waals surface area contributed by atoms with Crippen LogP contribution in [-0.2, 0) is 16.4 Å². The average Bonchev–Trinajstić information content (AvgIpc) is 3.46. The topological polar surface area (TPSA) is 85.0 Å². The van der Waals surface area contributed by atoms with Crippen molar-refractivity contribution >= 4 is 11.6 Å². The fraction of sp³-hybridized carbons (Fsp3) is 0.581. The van der Waals surface area contributed by atoms with Gasteiger partial charge < -0.3 is 9.42 Å². The Kier molecular flexibility index (Phi) is 5.93. The van der Waals surface area contributed by atoms with Crippen molar-refractivity contribution in [1.29, 1.82) is 0 Å². The summed E-state index contributed by atoms with van der Waals surface area (Å²) in [7, 11) is 0. The Morgan fingerprint density at radius 3 is 2.19 bits per heavy atom. The number of carbonyl (C=O) groups is 1. The van der Waals surface area contributed by atoms with E-state index < -0.39 is 23.1 Å². The van der Waals surface area contributed by atoms with E-state index in [0.29, 0.717) is 29.2 Å². The summed E-state index contributed by atoms with van der Waals surface area (Å²) in [5.41, 5.74) is -0.384. The summed E-state index contributed by atoms with van der Waals surface area (Å²) in [6.45, 7) is 4.58. The van der Waals surface area contributed by atoms with Crippen LogP contribution in [0.5, 0.6) is 0 Å². The molecule has 7 nitrogen and oxygen atoms in total. The van der Waals surface area contributed by atoms with Gasteiger partial charge >= 0.3 is 6.18 Å². The number of amides is 1. The molecule has 9 rings (SSSR count). The second kappa shape index (κ2) is 9.07. The van der Waals surface area contributed by atoms with Gasteiger partial charge in [-0.25, -0.2) is 14.4 Å². The van der Waals surface area contributed by atoms with Gasteiger partial charge in [-0.2, -0.15) is 18.2 Å². The number of alkyl halides is 4. The molecular formula is C31H33F4N5O2. The van der Waals surface area contributed by atoms with Crippen LogP contribution in [0.15, 0.2) is 41.2 Å². The average molecular weight is 584 g/mol. The summed E-state index contributed by atoms with van der Waals surface area (Å²) >= 11 is 0. The molecule has 42 heavy (non-hydrogen) atoms. The van der Waals surface area contributed by atoms with Gasteiger partial charge in [-0.1, -0.05) is 31.1 Å². The molecule has 2 aromatic heterocycles. The highest BCUT2D eigenvalue weighted by Gasteiger charge is 2.73. The lowest BCUT2D eigenvalue weighted by molar-refractivity contribution is -0.211. The van der Waals surface area contributed by atoms with Crippen LogP contribution < -0.4 is 4.90 Å². The van der Waals surface area contributed by atoms with E-state index in [1.807, 2.05) is 24.8 Å². The van der Waals surface area contributed by atoms with Crippen LogP contribution >= 0.6 is 0 Å². The minimum Gasteiger partial charge on any atom is -0.339 e. The Bertz CT molecular complexity index is 1490. The van der Waals surface area contributed by atoms with Crippen LogP contribution in [0, 0.1) is 10.8 Å². The summed E-state index contributed by atoms with van der Waals surface area (Å²) in [5, 5.41) is 4.35. The molecule has 11 heteroatoms. The van der Waals surface area contributed by atoms with Crippen molar-refractivity contribution in [3.05, 3.63) is 54.2 Å². The first-order chi connectivity index (χ1) is 19.8. The molecule has 0 aliphatic heterocycles. The molecule has 3 aromatic rings. The van der Waals surface area contributed by atoms with Gasteiger partial charge in [0.25, 0.3) is 0 Å². The van der Waals surface area contributed by atoms with Crippen molar-refractivity contribution in [2.24, 2.45) is 10.8 Å². The second-order valence-electron chi connectivity index (χ2n) is 13.6. The van der Waals surface area contributed by atoms with Crippen LogP contribution in [0.1, 0.15) is 95.1 Å². The molecule has 0 radical (unpaired) electrons. The van der Waals surface area contributed by atoms with Gasteiger partial charge in [-0.05, 0) is 80.9 Å². The number of fused-ring (bicyclic) bond motifs is 3. The van der Waals surface area contributed by atoms with E-state index in [4.69, 9.17) is 9.51 Å². The van der Waals surface area contributed by atoms with Crippen molar-refractivity contribution in [2.75, 3.05) is 11.4 Å². The molecule has 0 spiro atoms. The lowest BCUT2D eigenvalue weighted by Crippen LogP contribution is -2.71. The first kappa shape index (κ1) is 27.5. The first-order valence-electron chi connectivity index (χ1n) is 14.7. The van der Waals surface area contributed by atoms with Crippen molar-refractivity contribution in [2.45, 2.75) is 94.8 Å². The van der Waals surface area contributed by atoms with Crippen LogP contribution in [-0.4, -0.2) is 38.2 Å². The molecular weight excluding hydrogens is 550 g/mol. The summed E-state index contributed by atoms with van der Waals surface area (Å²) in [4.78, 5) is 27.7. The Morgan fingerprint density at radius 1 is 1.00 bits per heavy atom. The third kappa shape index (κ3) is 4.33. The maximum Gasteiger partial charge on any atom is 0.451 e. The molecule has 1 aromatic carbocycles. The number of aromatic nitrogens is 4. The fourth-order valence-corrected chi connectivity index (χ4v) is 7.79. The number of nitrogens with zero attached hydrogens (tertiary/aromatic N) is 5. The minimum atomic E-state index is -4.63. The molecule has 6 fully saturated rings. The Hall–Kier alpha value is -3.37. The lowest BCUT2D eigenvalue weighted by Gasteiger charge is -2.65. The highest BCUT2D eigenvalue weighted by atomic mass is 19.4. The van der Waals surface area contributed by atoms with Crippen LogP contribution in [0.4, 0.5) is 23.2 Å². The minimum absolute atomic E-state index is 0.0561. The van der Waals surface area contributed by atoms with Crippen LogP contribution in [0.2, 0.25) is 0 Å². The molecule has 0 unspecified atom stereocenters. The highest BCUT2D eigenvalue weighted by Crippen LogP contribution is 2.70. The largest absolute Gasteiger partial charge is 0.451 e. The standard InChI is InChI=1S/C31H33F4N5O2/c1-19(2)23-38-24(39-42-23)28-9-6-27(7-10-28,8-11-28)18-40(26(41)29-15-30(32,16-29)17-29)22-5-3-4-20(12-22)21-13-36-25(37-14-21)31(33,34)35/h3-5,12-14,19H,6-11,15-18H2,1-2H3. The van der Waals surface area contributed by atoms with E-state index in [0.717, 1.165) is 56.7 Å². The summed E-state index contributed by atoms with van der Waals surface area (Å²) in [5.74, 6) is 0.356. The molecule has 1 amide bonds. The van der Waals surface area contributed by atoms with Crippen molar-refractivity contribution in [3.63, 3.8) is 0 Å². The Morgan fingerprint density at radius 2 is 1.64 bits per heavy atom.